The minimum Gasteiger partial charge on any atom is -0.493 e. The summed E-state index contributed by atoms with van der Waals surface area (Å²) < 4.78 is 5.66. The molecule has 0 saturated heterocycles. The molecule has 1 aliphatic heterocycles. The van der Waals surface area contributed by atoms with Gasteiger partial charge in [-0.15, -0.1) is 11.6 Å². The lowest BCUT2D eigenvalue weighted by molar-refractivity contribution is 0.338. The quantitative estimate of drug-likeness (QED) is 0.742. The smallest absolute Gasteiger partial charge is 0.122 e. The van der Waals surface area contributed by atoms with Crippen LogP contribution in [0.25, 0.3) is 0 Å². The summed E-state index contributed by atoms with van der Waals surface area (Å²) in [6.45, 7) is 3.03. The van der Waals surface area contributed by atoms with Crippen molar-refractivity contribution < 1.29 is 4.74 Å². The summed E-state index contributed by atoms with van der Waals surface area (Å²) in [6.07, 6.45) is 0. The van der Waals surface area contributed by atoms with Crippen LogP contribution in [0.5, 0.6) is 5.75 Å². The molecule has 0 fully saturated rings. The maximum atomic E-state index is 5.79. The minimum atomic E-state index is 0.559. The molecular formula is C13H17ClOS. The average Bonchev–Trinajstić information content (AvgIpc) is 2.73. The number of hydrogen-bond acceptors (Lipinski definition) is 2. The second kappa shape index (κ2) is 5.83. The van der Waals surface area contributed by atoms with E-state index in [0.717, 1.165) is 29.7 Å². The highest BCUT2D eigenvalue weighted by molar-refractivity contribution is 7.99. The van der Waals surface area contributed by atoms with E-state index >= 15 is 0 Å². The van der Waals surface area contributed by atoms with E-state index in [1.54, 1.807) is 0 Å². The van der Waals surface area contributed by atoms with Crippen molar-refractivity contribution in [3.05, 3.63) is 29.8 Å². The number of thioether (sulfide) groups is 1. The van der Waals surface area contributed by atoms with Crippen LogP contribution in [0.3, 0.4) is 0 Å². The van der Waals surface area contributed by atoms with Crippen LogP contribution in [-0.4, -0.2) is 24.0 Å². The Morgan fingerprint density at radius 1 is 1.50 bits per heavy atom. The second-order valence-electron chi connectivity index (χ2n) is 4.34. The van der Waals surface area contributed by atoms with Gasteiger partial charge in [-0.25, -0.2) is 0 Å². The summed E-state index contributed by atoms with van der Waals surface area (Å²) in [4.78, 5) is 0. The van der Waals surface area contributed by atoms with Gasteiger partial charge in [-0.2, -0.15) is 11.8 Å². The molecule has 0 saturated carbocycles. The zero-order valence-corrected chi connectivity index (χ0v) is 11.1. The highest BCUT2D eigenvalue weighted by Crippen LogP contribution is 2.35. The Hall–Kier alpha value is -0.340. The molecule has 1 aliphatic rings. The molecule has 2 atom stereocenters. The molecule has 0 spiro atoms. The third-order valence-corrected chi connectivity index (χ3v) is 4.75. The number of halogens is 1. The molecule has 2 rings (SSSR count). The van der Waals surface area contributed by atoms with Gasteiger partial charge in [0.1, 0.15) is 5.75 Å². The van der Waals surface area contributed by atoms with Crippen LogP contribution in [0, 0.1) is 5.92 Å². The standard InChI is InChI=1S/C13H17ClOS/c1-10(6-14)8-16-9-11-7-15-13-5-3-2-4-12(11)13/h2-5,10-11H,6-9H2,1H3. The first-order chi connectivity index (χ1) is 7.81. The van der Waals surface area contributed by atoms with Crippen molar-refractivity contribution >= 4 is 23.4 Å². The Morgan fingerprint density at radius 3 is 3.12 bits per heavy atom. The number of para-hydroxylation sites is 1. The fourth-order valence-corrected chi connectivity index (χ4v) is 3.28. The van der Waals surface area contributed by atoms with Crippen molar-refractivity contribution in [2.24, 2.45) is 5.92 Å². The lowest BCUT2D eigenvalue weighted by atomic mass is 10.0. The molecule has 0 amide bonds. The van der Waals surface area contributed by atoms with E-state index in [4.69, 9.17) is 16.3 Å². The van der Waals surface area contributed by atoms with Crippen molar-refractivity contribution in [3.63, 3.8) is 0 Å². The Kier molecular flexibility index (Phi) is 4.42. The van der Waals surface area contributed by atoms with E-state index in [-0.39, 0.29) is 0 Å². The largest absolute Gasteiger partial charge is 0.493 e. The van der Waals surface area contributed by atoms with Crippen LogP contribution < -0.4 is 4.74 Å². The van der Waals surface area contributed by atoms with Gasteiger partial charge in [0, 0.05) is 23.1 Å². The lowest BCUT2D eigenvalue weighted by Crippen LogP contribution is -2.06. The molecule has 0 aliphatic carbocycles. The molecule has 0 bridgehead atoms. The van der Waals surface area contributed by atoms with E-state index in [1.807, 2.05) is 17.8 Å². The van der Waals surface area contributed by atoms with Gasteiger partial charge < -0.3 is 4.74 Å². The summed E-state index contributed by atoms with van der Waals surface area (Å²) in [5.74, 6) is 5.26. The van der Waals surface area contributed by atoms with Crippen LogP contribution in [0.1, 0.15) is 18.4 Å². The van der Waals surface area contributed by atoms with Crippen molar-refractivity contribution in [2.75, 3.05) is 24.0 Å². The zero-order valence-electron chi connectivity index (χ0n) is 9.49. The Balaban J connectivity index is 1.84. The molecule has 88 valence electrons. The molecule has 0 N–H and O–H groups in total. The van der Waals surface area contributed by atoms with Crippen molar-refractivity contribution in [1.82, 2.24) is 0 Å². The first kappa shape index (κ1) is 12.1. The van der Waals surface area contributed by atoms with Gasteiger partial charge in [0.25, 0.3) is 0 Å². The van der Waals surface area contributed by atoms with Gasteiger partial charge in [0.2, 0.25) is 0 Å². The molecule has 1 aromatic rings. The molecule has 0 aromatic heterocycles. The first-order valence-electron chi connectivity index (χ1n) is 5.66. The van der Waals surface area contributed by atoms with Gasteiger partial charge in [0.05, 0.1) is 6.61 Å². The highest BCUT2D eigenvalue weighted by atomic mass is 35.5. The Bertz CT molecular complexity index is 342. The van der Waals surface area contributed by atoms with Gasteiger partial charge >= 0.3 is 0 Å². The SMILES string of the molecule is CC(CCl)CSCC1COc2ccccc21. The van der Waals surface area contributed by atoms with E-state index in [1.165, 1.54) is 5.56 Å². The molecule has 0 radical (unpaired) electrons. The molecule has 3 heteroatoms. The monoisotopic (exact) mass is 256 g/mol. The maximum Gasteiger partial charge on any atom is 0.122 e. The fraction of sp³-hybridized carbons (Fsp3) is 0.538. The average molecular weight is 257 g/mol. The molecule has 16 heavy (non-hydrogen) atoms. The van der Waals surface area contributed by atoms with Crippen LogP contribution in [0.2, 0.25) is 0 Å². The van der Waals surface area contributed by atoms with Crippen LogP contribution in [0.4, 0.5) is 0 Å². The van der Waals surface area contributed by atoms with Crippen molar-refractivity contribution in [2.45, 2.75) is 12.8 Å². The first-order valence-corrected chi connectivity index (χ1v) is 7.35. The van der Waals surface area contributed by atoms with Gasteiger partial charge in [0.15, 0.2) is 0 Å². The summed E-state index contributed by atoms with van der Waals surface area (Å²) in [5, 5.41) is 0. The van der Waals surface area contributed by atoms with Gasteiger partial charge in [-0.1, -0.05) is 25.1 Å². The van der Waals surface area contributed by atoms with Crippen molar-refractivity contribution in [3.8, 4) is 5.75 Å². The molecule has 1 aromatic carbocycles. The van der Waals surface area contributed by atoms with E-state index in [9.17, 15) is 0 Å². The van der Waals surface area contributed by atoms with Crippen LogP contribution in [-0.2, 0) is 0 Å². The van der Waals surface area contributed by atoms with Crippen LogP contribution in [0.15, 0.2) is 24.3 Å². The number of benzene rings is 1. The third kappa shape index (κ3) is 2.86. The van der Waals surface area contributed by atoms with Gasteiger partial charge in [-0.3, -0.25) is 0 Å². The van der Waals surface area contributed by atoms with E-state index in [0.29, 0.717) is 11.8 Å². The number of rotatable bonds is 5. The molecule has 1 heterocycles. The third-order valence-electron chi connectivity index (χ3n) is 2.78. The highest BCUT2D eigenvalue weighted by Gasteiger charge is 2.23. The van der Waals surface area contributed by atoms with Crippen molar-refractivity contribution in [1.29, 1.82) is 0 Å². The van der Waals surface area contributed by atoms with Crippen LogP contribution >= 0.6 is 23.4 Å². The predicted molar refractivity (Wildman–Crippen MR) is 71.9 cm³/mol. The maximum absolute atomic E-state index is 5.79. The fourth-order valence-electron chi connectivity index (χ4n) is 1.82. The molecular weight excluding hydrogens is 240 g/mol. The number of hydrogen-bond donors (Lipinski definition) is 0. The minimum absolute atomic E-state index is 0.559. The number of fused-ring (bicyclic) bond motifs is 1. The Labute approximate surface area is 107 Å². The predicted octanol–water partition coefficient (Wildman–Crippen LogP) is 3.77. The summed E-state index contributed by atoms with van der Waals surface area (Å²) >= 11 is 7.77. The normalized spacial score (nSPS) is 20.2. The molecule has 1 nitrogen and oxygen atoms in total. The van der Waals surface area contributed by atoms with Gasteiger partial charge in [-0.05, 0) is 17.7 Å². The lowest BCUT2D eigenvalue weighted by Gasteiger charge is -2.10. The van der Waals surface area contributed by atoms with E-state index < -0.39 is 0 Å². The topological polar surface area (TPSA) is 9.23 Å². The number of alkyl halides is 1. The second-order valence-corrected chi connectivity index (χ2v) is 5.73. The van der Waals surface area contributed by atoms with E-state index in [2.05, 4.69) is 25.1 Å². The zero-order chi connectivity index (χ0) is 11.4. The summed E-state index contributed by atoms with van der Waals surface area (Å²) in [5.41, 5.74) is 1.37. The summed E-state index contributed by atoms with van der Waals surface area (Å²) in [6, 6.07) is 8.36. The Morgan fingerprint density at radius 2 is 2.31 bits per heavy atom. The number of ether oxygens (including phenoxy) is 1. The molecule has 2 unspecified atom stereocenters. The summed E-state index contributed by atoms with van der Waals surface area (Å²) in [7, 11) is 0.